The molecule has 7 heteroatoms. The summed E-state index contributed by atoms with van der Waals surface area (Å²) in [5.74, 6) is 0. The van der Waals surface area contributed by atoms with Crippen molar-refractivity contribution >= 4 is 15.9 Å². The molecule has 0 saturated carbocycles. The van der Waals surface area contributed by atoms with Gasteiger partial charge in [0, 0.05) is 19.7 Å². The van der Waals surface area contributed by atoms with Crippen LogP contribution >= 0.6 is 0 Å². The van der Waals surface area contributed by atoms with Crippen LogP contribution in [-0.4, -0.2) is 35.2 Å². The quantitative estimate of drug-likeness (QED) is 0.574. The molecular weight excluding hydrogens is 290 g/mol. The van der Waals surface area contributed by atoms with E-state index in [1.807, 2.05) is 18.2 Å². The van der Waals surface area contributed by atoms with Gasteiger partial charge in [-0.25, -0.2) is 0 Å². The highest BCUT2D eigenvalue weighted by Gasteiger charge is 2.10. The van der Waals surface area contributed by atoms with Crippen molar-refractivity contribution in [3.63, 3.8) is 0 Å². The zero-order valence-corrected chi connectivity index (χ0v) is 13.7. The number of rotatable bonds is 10. The van der Waals surface area contributed by atoms with Crippen LogP contribution in [0.2, 0.25) is 0 Å². The molecule has 0 aliphatic heterocycles. The second-order valence-electron chi connectivity index (χ2n) is 4.79. The van der Waals surface area contributed by atoms with Crippen molar-refractivity contribution in [1.82, 2.24) is 10.0 Å². The second-order valence-corrected chi connectivity index (χ2v) is 6.29. The summed E-state index contributed by atoms with van der Waals surface area (Å²) in [5, 5.41) is 3.37. The van der Waals surface area contributed by atoms with E-state index in [9.17, 15) is 8.42 Å². The largest absolute Gasteiger partial charge is 0.383 e. The topological polar surface area (TPSA) is 79.5 Å². The van der Waals surface area contributed by atoms with Crippen LogP contribution in [0.3, 0.4) is 0 Å². The monoisotopic (exact) mass is 315 g/mol. The lowest BCUT2D eigenvalue weighted by Crippen LogP contribution is -2.32. The average Bonchev–Trinajstić information content (AvgIpc) is 2.44. The summed E-state index contributed by atoms with van der Waals surface area (Å²) in [7, 11) is -2.04. The number of ether oxygens (including phenoxy) is 1. The van der Waals surface area contributed by atoms with Gasteiger partial charge < -0.3 is 10.1 Å². The van der Waals surface area contributed by atoms with Gasteiger partial charge in [0.1, 0.15) is 0 Å². The van der Waals surface area contributed by atoms with E-state index in [1.165, 1.54) is 7.11 Å². The van der Waals surface area contributed by atoms with E-state index in [-0.39, 0.29) is 12.6 Å². The zero-order chi connectivity index (χ0) is 15.7. The minimum atomic E-state index is -3.57. The number of anilines is 1. The molecular formula is C14H25N3O3S. The van der Waals surface area contributed by atoms with E-state index in [4.69, 9.17) is 4.74 Å². The molecule has 1 aromatic carbocycles. The maximum atomic E-state index is 11.8. The van der Waals surface area contributed by atoms with Gasteiger partial charge in [0.2, 0.25) is 0 Å². The van der Waals surface area contributed by atoms with Gasteiger partial charge in [-0.15, -0.1) is 0 Å². The van der Waals surface area contributed by atoms with E-state index in [1.54, 1.807) is 6.07 Å². The molecule has 0 aliphatic rings. The number of benzene rings is 1. The summed E-state index contributed by atoms with van der Waals surface area (Å²) in [6, 6.07) is 7.56. The summed E-state index contributed by atoms with van der Waals surface area (Å²) >= 11 is 0. The van der Waals surface area contributed by atoms with Crippen molar-refractivity contribution in [2.75, 3.05) is 31.5 Å². The summed E-state index contributed by atoms with van der Waals surface area (Å²) in [5.41, 5.74) is 1.59. The third kappa shape index (κ3) is 6.90. The molecule has 1 aromatic rings. The Labute approximate surface area is 127 Å². The minimum absolute atomic E-state index is 0.177. The van der Waals surface area contributed by atoms with Gasteiger partial charge in [-0.3, -0.25) is 4.72 Å². The molecule has 6 nitrogen and oxygen atoms in total. The molecule has 0 saturated heterocycles. The molecule has 1 atom stereocenters. The highest BCUT2D eigenvalue weighted by molar-refractivity contribution is 7.90. The van der Waals surface area contributed by atoms with Crippen LogP contribution in [0.4, 0.5) is 5.69 Å². The van der Waals surface area contributed by atoms with Crippen molar-refractivity contribution in [2.24, 2.45) is 0 Å². The van der Waals surface area contributed by atoms with Crippen molar-refractivity contribution in [3.8, 4) is 0 Å². The standard InChI is InChI=1S/C14H25N3O3S/c1-4-8-15-12(2)13-6-5-7-14(11-13)17-21(18,19)16-9-10-20-3/h5-7,11-12,15-17H,4,8-10H2,1-3H3. The fourth-order valence-electron chi connectivity index (χ4n) is 1.82. The van der Waals surface area contributed by atoms with Gasteiger partial charge in [-0.2, -0.15) is 13.1 Å². The summed E-state index contributed by atoms with van der Waals surface area (Å²) in [6.07, 6.45) is 1.06. The first-order chi connectivity index (χ1) is 9.98. The Balaban J connectivity index is 2.67. The van der Waals surface area contributed by atoms with Gasteiger partial charge in [0.15, 0.2) is 0 Å². The van der Waals surface area contributed by atoms with Crippen LogP contribution in [0.25, 0.3) is 0 Å². The first-order valence-corrected chi connectivity index (χ1v) is 8.56. The van der Waals surface area contributed by atoms with E-state index in [0.717, 1.165) is 18.5 Å². The molecule has 0 aromatic heterocycles. The van der Waals surface area contributed by atoms with E-state index < -0.39 is 10.2 Å². The van der Waals surface area contributed by atoms with Gasteiger partial charge in [-0.05, 0) is 37.6 Å². The van der Waals surface area contributed by atoms with E-state index >= 15 is 0 Å². The molecule has 0 radical (unpaired) electrons. The predicted molar refractivity (Wildman–Crippen MR) is 85.6 cm³/mol. The lowest BCUT2D eigenvalue weighted by atomic mass is 10.1. The Kier molecular flexibility index (Phi) is 7.66. The SMILES string of the molecule is CCCNC(C)c1cccc(NS(=O)(=O)NCCOC)c1. The highest BCUT2D eigenvalue weighted by atomic mass is 32.2. The van der Waals surface area contributed by atoms with Gasteiger partial charge in [0.25, 0.3) is 10.2 Å². The van der Waals surface area contributed by atoms with Crippen LogP contribution in [0.5, 0.6) is 0 Å². The first kappa shape index (κ1) is 17.9. The molecule has 0 aliphatic carbocycles. The normalized spacial score (nSPS) is 13.1. The predicted octanol–water partition coefficient (Wildman–Crippen LogP) is 1.64. The molecule has 1 rings (SSSR count). The van der Waals surface area contributed by atoms with Crippen LogP contribution in [0.1, 0.15) is 31.9 Å². The molecule has 0 bridgehead atoms. The van der Waals surface area contributed by atoms with Crippen LogP contribution in [0, 0.1) is 0 Å². The second kappa shape index (κ2) is 8.99. The third-order valence-corrected chi connectivity index (χ3v) is 4.03. The fourth-order valence-corrected chi connectivity index (χ4v) is 2.68. The molecule has 0 heterocycles. The highest BCUT2D eigenvalue weighted by Crippen LogP contribution is 2.18. The Bertz CT molecular complexity index is 520. The lowest BCUT2D eigenvalue weighted by molar-refractivity contribution is 0.204. The van der Waals surface area contributed by atoms with E-state index in [2.05, 4.69) is 28.6 Å². The van der Waals surface area contributed by atoms with Crippen molar-refractivity contribution in [3.05, 3.63) is 29.8 Å². The molecule has 0 spiro atoms. The third-order valence-electron chi connectivity index (χ3n) is 2.94. The summed E-state index contributed by atoms with van der Waals surface area (Å²) in [6.45, 7) is 5.66. The summed E-state index contributed by atoms with van der Waals surface area (Å²) < 4.78 is 33.4. The molecule has 1 unspecified atom stereocenters. The Morgan fingerprint density at radius 3 is 2.71 bits per heavy atom. The van der Waals surface area contributed by atoms with Crippen molar-refractivity contribution < 1.29 is 13.2 Å². The molecule has 0 amide bonds. The van der Waals surface area contributed by atoms with Crippen LogP contribution in [0.15, 0.2) is 24.3 Å². The van der Waals surface area contributed by atoms with Gasteiger partial charge in [-0.1, -0.05) is 19.1 Å². The first-order valence-electron chi connectivity index (χ1n) is 7.08. The Hall–Kier alpha value is -1.15. The number of methoxy groups -OCH3 is 1. The maximum Gasteiger partial charge on any atom is 0.299 e. The van der Waals surface area contributed by atoms with Gasteiger partial charge >= 0.3 is 0 Å². The number of hydrogen-bond donors (Lipinski definition) is 3. The number of hydrogen-bond acceptors (Lipinski definition) is 4. The lowest BCUT2D eigenvalue weighted by Gasteiger charge is -2.15. The zero-order valence-electron chi connectivity index (χ0n) is 12.8. The summed E-state index contributed by atoms with van der Waals surface area (Å²) in [4.78, 5) is 0. The van der Waals surface area contributed by atoms with Crippen molar-refractivity contribution in [2.45, 2.75) is 26.3 Å². The molecule has 21 heavy (non-hydrogen) atoms. The molecule has 3 N–H and O–H groups in total. The Morgan fingerprint density at radius 1 is 1.29 bits per heavy atom. The maximum absolute atomic E-state index is 11.8. The minimum Gasteiger partial charge on any atom is -0.383 e. The van der Waals surface area contributed by atoms with E-state index in [0.29, 0.717) is 12.3 Å². The molecule has 120 valence electrons. The van der Waals surface area contributed by atoms with Crippen LogP contribution < -0.4 is 14.8 Å². The van der Waals surface area contributed by atoms with Gasteiger partial charge in [0.05, 0.1) is 12.3 Å². The Morgan fingerprint density at radius 2 is 2.05 bits per heavy atom. The van der Waals surface area contributed by atoms with Crippen molar-refractivity contribution in [1.29, 1.82) is 0 Å². The number of nitrogens with one attached hydrogen (secondary N) is 3. The van der Waals surface area contributed by atoms with Crippen LogP contribution in [-0.2, 0) is 14.9 Å². The molecule has 0 fully saturated rings. The smallest absolute Gasteiger partial charge is 0.299 e. The fraction of sp³-hybridized carbons (Fsp3) is 0.571. The average molecular weight is 315 g/mol.